The van der Waals surface area contributed by atoms with Crippen LogP contribution in [0.25, 0.3) is 0 Å². The summed E-state index contributed by atoms with van der Waals surface area (Å²) in [6.07, 6.45) is 0. The highest BCUT2D eigenvalue weighted by atomic mass is 32.2. The van der Waals surface area contributed by atoms with Gasteiger partial charge in [0.15, 0.2) is 16.7 Å². The molecule has 1 aromatic rings. The summed E-state index contributed by atoms with van der Waals surface area (Å²) in [5.74, 6) is -0.119. The average Bonchev–Trinajstić information content (AvgIpc) is 2.95. The minimum Gasteiger partial charge on any atom is -0.504 e. The van der Waals surface area contributed by atoms with Gasteiger partial charge in [-0.3, -0.25) is 9.69 Å². The maximum atomic E-state index is 12.5. The number of amides is 1. The molecule has 1 aromatic carbocycles. The van der Waals surface area contributed by atoms with Gasteiger partial charge in [-0.25, -0.2) is 9.79 Å². The van der Waals surface area contributed by atoms with Gasteiger partial charge in [0.1, 0.15) is 0 Å². The van der Waals surface area contributed by atoms with Crippen molar-refractivity contribution in [1.29, 1.82) is 0 Å². The maximum Gasteiger partial charge on any atom is 0.338 e. The number of thioether (sulfide) groups is 1. The predicted octanol–water partition coefficient (Wildman–Crippen LogP) is 2.22. The second-order valence-electron chi connectivity index (χ2n) is 5.50. The first-order valence-electron chi connectivity index (χ1n) is 7.76. The quantitative estimate of drug-likeness (QED) is 0.827. The summed E-state index contributed by atoms with van der Waals surface area (Å²) in [6.45, 7) is 3.67. The maximum absolute atomic E-state index is 12.5. The van der Waals surface area contributed by atoms with Gasteiger partial charge in [-0.05, 0) is 31.5 Å². The number of fused-ring (bicyclic) bond motifs is 1. The Hall–Kier alpha value is -2.48. The van der Waals surface area contributed by atoms with Crippen molar-refractivity contribution in [2.45, 2.75) is 19.9 Å². The van der Waals surface area contributed by atoms with E-state index in [0.29, 0.717) is 22.0 Å². The van der Waals surface area contributed by atoms with E-state index in [2.05, 4.69) is 4.99 Å². The average molecular weight is 362 g/mol. The number of phenolic OH excluding ortho intramolecular Hbond substituents is 1. The van der Waals surface area contributed by atoms with Crippen LogP contribution in [0.5, 0.6) is 11.5 Å². The molecular formula is C17H18N2O5S. The zero-order chi connectivity index (χ0) is 18.1. The molecule has 1 saturated heterocycles. The molecule has 1 atom stereocenters. The van der Waals surface area contributed by atoms with Gasteiger partial charge in [0.25, 0.3) is 0 Å². The van der Waals surface area contributed by atoms with Crippen LogP contribution in [-0.4, -0.2) is 46.5 Å². The predicted molar refractivity (Wildman–Crippen MR) is 93.5 cm³/mol. The first kappa shape index (κ1) is 17.3. The van der Waals surface area contributed by atoms with Crippen LogP contribution in [0.3, 0.4) is 0 Å². The van der Waals surface area contributed by atoms with Gasteiger partial charge in [-0.1, -0.05) is 17.8 Å². The van der Waals surface area contributed by atoms with E-state index in [4.69, 9.17) is 9.47 Å². The fourth-order valence-corrected chi connectivity index (χ4v) is 3.83. The SMILES string of the molecule is CCOC(=O)C1=C(C)N=C2SCC(=O)N2[C@@H]1c1ccc(O)c(OC)c1. The lowest BCUT2D eigenvalue weighted by atomic mass is 9.94. The monoisotopic (exact) mass is 362 g/mol. The number of carbonyl (C=O) groups excluding carboxylic acids is 2. The molecule has 3 rings (SSSR count). The van der Waals surface area contributed by atoms with Crippen molar-refractivity contribution in [3.05, 3.63) is 35.0 Å². The number of aromatic hydroxyl groups is 1. The minimum absolute atomic E-state index is 0.0172. The van der Waals surface area contributed by atoms with Gasteiger partial charge in [0.2, 0.25) is 5.91 Å². The molecule has 0 spiro atoms. The number of hydrogen-bond acceptors (Lipinski definition) is 7. The second kappa shape index (κ2) is 6.79. The van der Waals surface area contributed by atoms with Crippen LogP contribution in [-0.2, 0) is 14.3 Å². The molecule has 2 aliphatic heterocycles. The standard InChI is InChI=1S/C17H18N2O5S/c1-4-24-16(22)14-9(2)18-17-19(13(21)8-25-17)15(14)10-5-6-11(20)12(7-10)23-3/h5-7,15,20H,4,8H2,1-3H3/t15-/m1/s1. The van der Waals surface area contributed by atoms with Crippen LogP contribution in [0.1, 0.15) is 25.5 Å². The number of esters is 1. The molecule has 0 bridgehead atoms. The largest absolute Gasteiger partial charge is 0.504 e. The van der Waals surface area contributed by atoms with Crippen LogP contribution in [0.15, 0.2) is 34.5 Å². The Bertz CT molecular complexity index is 802. The Balaban J connectivity index is 2.16. The fourth-order valence-electron chi connectivity index (χ4n) is 2.89. The summed E-state index contributed by atoms with van der Waals surface area (Å²) in [6, 6.07) is 4.09. The lowest BCUT2D eigenvalue weighted by Crippen LogP contribution is -2.39. The molecule has 1 N–H and O–H groups in total. The van der Waals surface area contributed by atoms with Crippen molar-refractivity contribution in [1.82, 2.24) is 4.90 Å². The number of aliphatic imine (C=N–C) groups is 1. The number of carbonyl (C=O) groups is 2. The molecule has 25 heavy (non-hydrogen) atoms. The first-order chi connectivity index (χ1) is 12.0. The number of nitrogens with zero attached hydrogens (tertiary/aromatic N) is 2. The lowest BCUT2D eigenvalue weighted by Gasteiger charge is -2.33. The molecule has 1 amide bonds. The molecule has 0 aliphatic carbocycles. The van der Waals surface area contributed by atoms with E-state index in [0.717, 1.165) is 0 Å². The van der Waals surface area contributed by atoms with Gasteiger partial charge < -0.3 is 14.6 Å². The molecule has 0 unspecified atom stereocenters. The van der Waals surface area contributed by atoms with E-state index >= 15 is 0 Å². The van der Waals surface area contributed by atoms with E-state index in [1.54, 1.807) is 26.0 Å². The normalized spacial score (nSPS) is 19.6. The molecule has 2 heterocycles. The van der Waals surface area contributed by atoms with Crippen LogP contribution >= 0.6 is 11.8 Å². The van der Waals surface area contributed by atoms with Gasteiger partial charge in [-0.2, -0.15) is 0 Å². The van der Waals surface area contributed by atoms with Crippen LogP contribution in [0.2, 0.25) is 0 Å². The third kappa shape index (κ3) is 2.97. The number of amidine groups is 1. The van der Waals surface area contributed by atoms with Gasteiger partial charge in [0, 0.05) is 0 Å². The summed E-state index contributed by atoms with van der Waals surface area (Å²) in [5, 5.41) is 10.4. The fraction of sp³-hybridized carbons (Fsp3) is 0.353. The third-order valence-electron chi connectivity index (χ3n) is 4.00. The van der Waals surface area contributed by atoms with Crippen molar-refractivity contribution >= 4 is 28.8 Å². The van der Waals surface area contributed by atoms with Crippen LogP contribution in [0, 0.1) is 0 Å². The van der Waals surface area contributed by atoms with Gasteiger partial charge >= 0.3 is 5.97 Å². The smallest absolute Gasteiger partial charge is 0.338 e. The van der Waals surface area contributed by atoms with Crippen LogP contribution < -0.4 is 4.74 Å². The Morgan fingerprint density at radius 3 is 2.92 bits per heavy atom. The number of methoxy groups -OCH3 is 1. The number of hydrogen-bond donors (Lipinski definition) is 1. The van der Waals surface area contributed by atoms with Gasteiger partial charge in [0.05, 0.1) is 36.8 Å². The third-order valence-corrected chi connectivity index (χ3v) is 4.94. The van der Waals surface area contributed by atoms with E-state index in [1.165, 1.54) is 29.8 Å². The Labute approximate surface area is 149 Å². The van der Waals surface area contributed by atoms with Crippen molar-refractivity contribution in [2.24, 2.45) is 4.99 Å². The molecule has 0 radical (unpaired) electrons. The Morgan fingerprint density at radius 2 is 2.24 bits per heavy atom. The summed E-state index contributed by atoms with van der Waals surface area (Å²) in [4.78, 5) is 30.9. The summed E-state index contributed by atoms with van der Waals surface area (Å²) < 4.78 is 10.3. The van der Waals surface area contributed by atoms with E-state index in [9.17, 15) is 14.7 Å². The Kier molecular flexibility index (Phi) is 4.71. The molecule has 7 nitrogen and oxygen atoms in total. The topological polar surface area (TPSA) is 88.4 Å². The molecule has 0 aromatic heterocycles. The highest BCUT2D eigenvalue weighted by molar-refractivity contribution is 8.15. The first-order valence-corrected chi connectivity index (χ1v) is 8.74. The number of rotatable bonds is 4. The number of benzene rings is 1. The van der Waals surface area contributed by atoms with Crippen molar-refractivity contribution in [2.75, 3.05) is 19.5 Å². The van der Waals surface area contributed by atoms with E-state index in [-0.39, 0.29) is 29.8 Å². The number of allylic oxidation sites excluding steroid dienone is 1. The van der Waals surface area contributed by atoms with E-state index < -0.39 is 12.0 Å². The molecule has 8 heteroatoms. The van der Waals surface area contributed by atoms with Gasteiger partial charge in [-0.15, -0.1) is 0 Å². The summed E-state index contributed by atoms with van der Waals surface area (Å²) in [7, 11) is 1.44. The van der Waals surface area contributed by atoms with Crippen LogP contribution in [0.4, 0.5) is 0 Å². The molecule has 1 fully saturated rings. The summed E-state index contributed by atoms with van der Waals surface area (Å²) >= 11 is 1.34. The Morgan fingerprint density at radius 1 is 1.48 bits per heavy atom. The highest BCUT2D eigenvalue weighted by Crippen LogP contribution is 2.42. The minimum atomic E-state index is -0.663. The van der Waals surface area contributed by atoms with Crippen molar-refractivity contribution < 1.29 is 24.2 Å². The highest BCUT2D eigenvalue weighted by Gasteiger charge is 2.43. The zero-order valence-corrected chi connectivity index (χ0v) is 14.9. The van der Waals surface area contributed by atoms with Crippen molar-refractivity contribution in [3.63, 3.8) is 0 Å². The zero-order valence-electron chi connectivity index (χ0n) is 14.1. The second-order valence-corrected chi connectivity index (χ2v) is 6.44. The molecule has 132 valence electrons. The molecular weight excluding hydrogens is 344 g/mol. The van der Waals surface area contributed by atoms with E-state index in [1.807, 2.05) is 0 Å². The number of ether oxygens (including phenoxy) is 2. The lowest BCUT2D eigenvalue weighted by molar-refractivity contribution is -0.139. The molecule has 0 saturated carbocycles. The van der Waals surface area contributed by atoms with Crippen molar-refractivity contribution in [3.8, 4) is 11.5 Å². The molecule has 2 aliphatic rings. The summed E-state index contributed by atoms with van der Waals surface area (Å²) in [5.41, 5.74) is 1.47. The number of phenols is 1.